The lowest BCUT2D eigenvalue weighted by Crippen LogP contribution is -2.51. The molecule has 0 fully saturated rings. The summed E-state index contributed by atoms with van der Waals surface area (Å²) in [5.41, 5.74) is 5.22. The molecule has 0 saturated carbocycles. The van der Waals surface area contributed by atoms with Crippen LogP contribution in [0.15, 0.2) is 24.3 Å². The van der Waals surface area contributed by atoms with Crippen molar-refractivity contribution in [2.24, 2.45) is 11.7 Å². The molecule has 0 aliphatic carbocycles. The molecule has 0 saturated heterocycles. The number of carbonyl (C=O) groups excluding carboxylic acids is 1. The first-order valence-corrected chi connectivity index (χ1v) is 5.20. The molecule has 0 aliphatic heterocycles. The number of rotatable bonds is 4. The highest BCUT2D eigenvalue weighted by Crippen LogP contribution is 2.22. The molecule has 88 valence electrons. The Bertz CT molecular complexity index is 375. The Morgan fingerprint density at radius 3 is 2.25 bits per heavy atom. The van der Waals surface area contributed by atoms with Crippen molar-refractivity contribution >= 4 is 11.6 Å². The molecule has 0 heterocycles. The van der Waals surface area contributed by atoms with Crippen LogP contribution in [0.3, 0.4) is 0 Å². The van der Waals surface area contributed by atoms with Gasteiger partial charge >= 0.3 is 0 Å². The van der Waals surface area contributed by atoms with E-state index in [1.54, 1.807) is 19.1 Å². The highest BCUT2D eigenvalue weighted by Gasteiger charge is 2.34. The topological polar surface area (TPSA) is 55.1 Å². The average molecular weight is 224 g/mol. The molecule has 1 aromatic rings. The lowest BCUT2D eigenvalue weighted by Gasteiger charge is -2.32. The molecular weight excluding hydrogens is 207 g/mol. The summed E-state index contributed by atoms with van der Waals surface area (Å²) in [6.07, 6.45) is 0. The molecule has 0 aliphatic rings. The maximum atomic E-state index is 12.7. The van der Waals surface area contributed by atoms with E-state index in [1.165, 1.54) is 12.1 Å². The van der Waals surface area contributed by atoms with Gasteiger partial charge in [0.1, 0.15) is 11.4 Å². The van der Waals surface area contributed by atoms with Crippen molar-refractivity contribution < 1.29 is 9.18 Å². The summed E-state index contributed by atoms with van der Waals surface area (Å²) in [4.78, 5) is 11.4. The van der Waals surface area contributed by atoms with Crippen LogP contribution < -0.4 is 11.1 Å². The molecule has 1 atom stereocenters. The molecule has 0 radical (unpaired) electrons. The van der Waals surface area contributed by atoms with Crippen LogP contribution >= 0.6 is 0 Å². The Hall–Kier alpha value is -1.58. The minimum absolute atomic E-state index is 0.0371. The SMILES string of the molecule is CC(C)C(C)(Nc1ccc(F)cc1)C(N)=O. The number of hydrogen-bond acceptors (Lipinski definition) is 2. The van der Waals surface area contributed by atoms with Gasteiger partial charge in [-0.1, -0.05) is 13.8 Å². The van der Waals surface area contributed by atoms with Crippen LogP contribution in [0.2, 0.25) is 0 Å². The zero-order chi connectivity index (χ0) is 12.3. The fourth-order valence-corrected chi connectivity index (χ4v) is 1.32. The third-order valence-electron chi connectivity index (χ3n) is 2.91. The molecule has 1 rings (SSSR count). The number of nitrogens with one attached hydrogen (secondary N) is 1. The fraction of sp³-hybridized carbons (Fsp3) is 0.417. The number of hydrogen-bond donors (Lipinski definition) is 2. The zero-order valence-corrected chi connectivity index (χ0v) is 9.75. The predicted octanol–water partition coefficient (Wildman–Crippen LogP) is 2.14. The van der Waals surface area contributed by atoms with Crippen LogP contribution in [0.4, 0.5) is 10.1 Å². The molecule has 0 spiro atoms. The van der Waals surface area contributed by atoms with Crippen LogP contribution in [-0.4, -0.2) is 11.4 Å². The quantitative estimate of drug-likeness (QED) is 0.823. The largest absolute Gasteiger partial charge is 0.371 e. The van der Waals surface area contributed by atoms with E-state index in [4.69, 9.17) is 5.73 Å². The van der Waals surface area contributed by atoms with Crippen molar-refractivity contribution in [3.8, 4) is 0 Å². The summed E-state index contributed by atoms with van der Waals surface area (Å²) < 4.78 is 12.7. The monoisotopic (exact) mass is 224 g/mol. The van der Waals surface area contributed by atoms with Crippen LogP contribution in [0.5, 0.6) is 0 Å². The van der Waals surface area contributed by atoms with E-state index >= 15 is 0 Å². The first-order chi connectivity index (χ1) is 7.36. The number of carbonyl (C=O) groups is 1. The van der Waals surface area contributed by atoms with Gasteiger partial charge in [0.25, 0.3) is 0 Å². The Kier molecular flexibility index (Phi) is 3.52. The van der Waals surface area contributed by atoms with Crippen molar-refractivity contribution in [1.29, 1.82) is 0 Å². The second kappa shape index (κ2) is 4.51. The maximum absolute atomic E-state index is 12.7. The van der Waals surface area contributed by atoms with Crippen LogP contribution in [0.25, 0.3) is 0 Å². The van der Waals surface area contributed by atoms with Crippen molar-refractivity contribution in [1.82, 2.24) is 0 Å². The van der Waals surface area contributed by atoms with Crippen molar-refractivity contribution in [2.75, 3.05) is 5.32 Å². The van der Waals surface area contributed by atoms with Gasteiger partial charge in [0.15, 0.2) is 0 Å². The van der Waals surface area contributed by atoms with E-state index in [0.29, 0.717) is 5.69 Å². The number of primary amides is 1. The lowest BCUT2D eigenvalue weighted by molar-refractivity contribution is -0.123. The molecule has 1 unspecified atom stereocenters. The highest BCUT2D eigenvalue weighted by molar-refractivity contribution is 5.87. The van der Waals surface area contributed by atoms with E-state index in [2.05, 4.69) is 5.32 Å². The van der Waals surface area contributed by atoms with Crippen LogP contribution in [0, 0.1) is 11.7 Å². The van der Waals surface area contributed by atoms with Gasteiger partial charge in [0, 0.05) is 5.69 Å². The van der Waals surface area contributed by atoms with E-state index in [1.807, 2.05) is 13.8 Å². The molecule has 3 N–H and O–H groups in total. The van der Waals surface area contributed by atoms with Crippen molar-refractivity contribution in [2.45, 2.75) is 26.3 Å². The van der Waals surface area contributed by atoms with Crippen LogP contribution in [-0.2, 0) is 4.79 Å². The first kappa shape index (κ1) is 12.5. The van der Waals surface area contributed by atoms with Gasteiger partial charge in [-0.25, -0.2) is 4.39 Å². The first-order valence-electron chi connectivity index (χ1n) is 5.20. The number of nitrogens with two attached hydrogens (primary N) is 1. The van der Waals surface area contributed by atoms with Gasteiger partial charge in [-0.15, -0.1) is 0 Å². The van der Waals surface area contributed by atoms with Gasteiger partial charge in [-0.2, -0.15) is 0 Å². The van der Waals surface area contributed by atoms with E-state index in [0.717, 1.165) is 0 Å². The van der Waals surface area contributed by atoms with E-state index in [9.17, 15) is 9.18 Å². The molecule has 1 amide bonds. The summed E-state index contributed by atoms with van der Waals surface area (Å²) in [5, 5.41) is 3.04. The Balaban J connectivity index is 2.93. The Labute approximate surface area is 94.8 Å². The van der Waals surface area contributed by atoms with Gasteiger partial charge in [0.05, 0.1) is 0 Å². The molecule has 3 nitrogen and oxygen atoms in total. The minimum Gasteiger partial charge on any atom is -0.371 e. The van der Waals surface area contributed by atoms with Gasteiger partial charge in [0.2, 0.25) is 5.91 Å². The zero-order valence-electron chi connectivity index (χ0n) is 9.75. The molecule has 16 heavy (non-hydrogen) atoms. The number of halogens is 1. The second-order valence-corrected chi connectivity index (χ2v) is 4.35. The molecule has 1 aromatic carbocycles. The predicted molar refractivity (Wildman–Crippen MR) is 62.5 cm³/mol. The van der Waals surface area contributed by atoms with Crippen molar-refractivity contribution in [3.63, 3.8) is 0 Å². The summed E-state index contributed by atoms with van der Waals surface area (Å²) >= 11 is 0. The molecule has 0 aromatic heterocycles. The maximum Gasteiger partial charge on any atom is 0.243 e. The smallest absolute Gasteiger partial charge is 0.243 e. The van der Waals surface area contributed by atoms with E-state index in [-0.39, 0.29) is 11.7 Å². The second-order valence-electron chi connectivity index (χ2n) is 4.35. The lowest BCUT2D eigenvalue weighted by atomic mass is 9.87. The summed E-state index contributed by atoms with van der Waals surface area (Å²) in [6, 6.07) is 5.84. The van der Waals surface area contributed by atoms with Gasteiger partial charge in [-0.05, 0) is 37.1 Å². The number of benzene rings is 1. The summed E-state index contributed by atoms with van der Waals surface area (Å²) in [5.74, 6) is -0.697. The highest BCUT2D eigenvalue weighted by atomic mass is 19.1. The summed E-state index contributed by atoms with van der Waals surface area (Å²) in [6.45, 7) is 5.55. The normalized spacial score (nSPS) is 14.6. The molecule has 0 bridgehead atoms. The third-order valence-corrected chi connectivity index (χ3v) is 2.91. The standard InChI is InChI=1S/C12H17FN2O/c1-8(2)12(3,11(14)16)15-10-6-4-9(13)5-7-10/h4-8,15H,1-3H3,(H2,14,16). The van der Waals surface area contributed by atoms with E-state index < -0.39 is 11.4 Å². The minimum atomic E-state index is -0.835. The molecular formula is C12H17FN2O. The summed E-state index contributed by atoms with van der Waals surface area (Å²) in [7, 11) is 0. The Morgan fingerprint density at radius 1 is 1.38 bits per heavy atom. The Morgan fingerprint density at radius 2 is 1.88 bits per heavy atom. The van der Waals surface area contributed by atoms with Gasteiger partial charge < -0.3 is 11.1 Å². The van der Waals surface area contributed by atoms with Gasteiger partial charge in [-0.3, -0.25) is 4.79 Å². The average Bonchev–Trinajstić information content (AvgIpc) is 2.20. The molecule has 4 heteroatoms. The number of anilines is 1. The third kappa shape index (κ3) is 2.51. The van der Waals surface area contributed by atoms with Crippen molar-refractivity contribution in [3.05, 3.63) is 30.1 Å². The van der Waals surface area contributed by atoms with Crippen LogP contribution in [0.1, 0.15) is 20.8 Å². The number of amides is 1. The fourth-order valence-electron chi connectivity index (χ4n) is 1.32.